The molecule has 2 aromatic carbocycles. The number of nitrogens with zero attached hydrogens (tertiary/aromatic N) is 1. The molecule has 2 fully saturated rings. The predicted molar refractivity (Wildman–Crippen MR) is 187 cm³/mol. The van der Waals surface area contributed by atoms with Crippen LogP contribution in [0, 0.1) is 5.41 Å². The van der Waals surface area contributed by atoms with E-state index in [9.17, 15) is 24.9 Å². The van der Waals surface area contributed by atoms with Crippen LogP contribution in [0.4, 0.5) is 0 Å². The number of piperazine rings is 1. The Hall–Kier alpha value is -3.28. The summed E-state index contributed by atoms with van der Waals surface area (Å²) >= 11 is 0. The van der Waals surface area contributed by atoms with Gasteiger partial charge >= 0.3 is 0 Å². The molecule has 0 radical (unpaired) electrons. The van der Waals surface area contributed by atoms with E-state index in [1.807, 2.05) is 50.3 Å². The van der Waals surface area contributed by atoms with Gasteiger partial charge in [-0.25, -0.2) is 0 Å². The second kappa shape index (κ2) is 16.0. The number of amides is 2. The third-order valence-electron chi connectivity index (χ3n) is 9.71. The van der Waals surface area contributed by atoms with E-state index in [1.54, 1.807) is 25.9 Å². The number of benzene rings is 2. The predicted octanol–water partition coefficient (Wildman–Crippen LogP) is 3.71. The molecule has 2 saturated heterocycles. The van der Waals surface area contributed by atoms with Crippen molar-refractivity contribution in [2.24, 2.45) is 5.41 Å². The smallest absolute Gasteiger partial charge is 0.247 e. The van der Waals surface area contributed by atoms with Crippen LogP contribution in [0.5, 0.6) is 5.75 Å². The van der Waals surface area contributed by atoms with Crippen molar-refractivity contribution >= 4 is 17.9 Å². The van der Waals surface area contributed by atoms with Gasteiger partial charge in [-0.15, -0.1) is 0 Å². The molecule has 264 valence electrons. The number of methoxy groups -OCH3 is 1. The van der Waals surface area contributed by atoms with Crippen molar-refractivity contribution in [1.82, 2.24) is 15.5 Å². The van der Waals surface area contributed by atoms with E-state index in [2.05, 4.69) is 36.6 Å². The maximum atomic E-state index is 13.3. The van der Waals surface area contributed by atoms with Gasteiger partial charge in [0.2, 0.25) is 11.8 Å². The summed E-state index contributed by atoms with van der Waals surface area (Å²) < 4.78 is 11.8. The second-order valence-electron chi connectivity index (χ2n) is 14.4. The number of aliphatic hydroxyl groups is 3. The maximum absolute atomic E-state index is 13.3. The topological polar surface area (TPSA) is 141 Å². The molecular weight excluding hydrogens is 610 g/mol. The van der Waals surface area contributed by atoms with Crippen LogP contribution in [-0.2, 0) is 20.7 Å². The zero-order chi connectivity index (χ0) is 35.2. The molecule has 0 saturated carbocycles. The minimum atomic E-state index is -1.15. The molecule has 2 amide bonds. The van der Waals surface area contributed by atoms with E-state index in [0.29, 0.717) is 30.8 Å². The fourth-order valence-electron chi connectivity index (χ4n) is 6.33. The largest absolute Gasteiger partial charge is 0.496 e. The fraction of sp³-hybridized carbons (Fsp3) is 0.579. The van der Waals surface area contributed by atoms with E-state index >= 15 is 0 Å². The van der Waals surface area contributed by atoms with Gasteiger partial charge in [-0.2, -0.15) is 0 Å². The first-order chi connectivity index (χ1) is 22.7. The third kappa shape index (κ3) is 8.84. The summed E-state index contributed by atoms with van der Waals surface area (Å²) in [6.45, 7) is 14.0. The van der Waals surface area contributed by atoms with Crippen molar-refractivity contribution < 1.29 is 34.4 Å². The van der Waals surface area contributed by atoms with Crippen molar-refractivity contribution in [3.8, 4) is 5.75 Å². The van der Waals surface area contributed by atoms with Crippen LogP contribution >= 0.6 is 0 Å². The molecule has 48 heavy (non-hydrogen) atoms. The van der Waals surface area contributed by atoms with E-state index in [1.165, 1.54) is 0 Å². The summed E-state index contributed by atoms with van der Waals surface area (Å²) in [6, 6.07) is 12.2. The van der Waals surface area contributed by atoms with Crippen LogP contribution in [0.2, 0.25) is 0 Å². The summed E-state index contributed by atoms with van der Waals surface area (Å²) in [5.41, 5.74) is 3.00. The lowest BCUT2D eigenvalue weighted by Gasteiger charge is -2.37. The number of carbonyl (C=O) groups is 2. The average Bonchev–Trinajstić information content (AvgIpc) is 3.08. The number of ether oxygens (including phenoxy) is 2. The number of nitrogens with one attached hydrogen (secondary N) is 2. The summed E-state index contributed by atoms with van der Waals surface area (Å²) in [6.07, 6.45) is 1.90. The van der Waals surface area contributed by atoms with Gasteiger partial charge in [-0.1, -0.05) is 50.3 Å². The monoisotopic (exact) mass is 665 g/mol. The molecule has 5 atom stereocenters. The van der Waals surface area contributed by atoms with Crippen molar-refractivity contribution in [1.29, 1.82) is 0 Å². The summed E-state index contributed by atoms with van der Waals surface area (Å²) in [7, 11) is 1.58. The van der Waals surface area contributed by atoms with Crippen molar-refractivity contribution in [3.63, 3.8) is 0 Å². The molecule has 0 aromatic heterocycles. The number of rotatable bonds is 12. The zero-order valence-electron chi connectivity index (χ0n) is 29.6. The lowest BCUT2D eigenvalue weighted by molar-refractivity contribution is -0.180. The number of aliphatic hydroxyl groups excluding tert-OH is 3. The first kappa shape index (κ1) is 37.5. The Kier molecular flexibility index (Phi) is 12.5. The first-order valence-electron chi connectivity index (χ1n) is 17.1. The second-order valence-corrected chi connectivity index (χ2v) is 14.4. The van der Waals surface area contributed by atoms with Gasteiger partial charge in [0.15, 0.2) is 0 Å². The molecule has 1 unspecified atom stereocenters. The zero-order valence-corrected chi connectivity index (χ0v) is 29.6. The molecule has 0 bridgehead atoms. The SMILES string of the molecule is CCC(C)c1cc(OC)c([C@@H]2O[C@H](CO)C[C@H](O)[C@H]2O)cc1Cc1ccc(/C=C/C(C)(C)C(=O)NC(C)(C)C(=O)N2CCNCC2)cc1. The molecule has 2 aliphatic heterocycles. The first-order valence-corrected chi connectivity index (χ1v) is 17.1. The molecule has 10 nitrogen and oxygen atoms in total. The van der Waals surface area contributed by atoms with Gasteiger partial charge in [0, 0.05) is 38.2 Å². The van der Waals surface area contributed by atoms with Gasteiger partial charge < -0.3 is 40.3 Å². The van der Waals surface area contributed by atoms with E-state index < -0.39 is 35.4 Å². The number of hydrogen-bond donors (Lipinski definition) is 5. The Labute approximate surface area is 285 Å². The highest BCUT2D eigenvalue weighted by molar-refractivity contribution is 5.93. The Morgan fingerprint density at radius 2 is 1.79 bits per heavy atom. The van der Waals surface area contributed by atoms with E-state index in [-0.39, 0.29) is 30.8 Å². The molecule has 0 spiro atoms. The van der Waals surface area contributed by atoms with Crippen molar-refractivity contribution in [3.05, 3.63) is 70.3 Å². The van der Waals surface area contributed by atoms with Gasteiger partial charge in [-0.05, 0) is 80.8 Å². The highest BCUT2D eigenvalue weighted by Gasteiger charge is 2.40. The van der Waals surface area contributed by atoms with Gasteiger partial charge in [0.25, 0.3) is 0 Å². The summed E-state index contributed by atoms with van der Waals surface area (Å²) in [4.78, 5) is 28.2. The number of hydrogen-bond acceptors (Lipinski definition) is 8. The summed E-state index contributed by atoms with van der Waals surface area (Å²) in [5.74, 6) is 0.528. The Morgan fingerprint density at radius 1 is 1.12 bits per heavy atom. The van der Waals surface area contributed by atoms with Crippen LogP contribution in [0.3, 0.4) is 0 Å². The molecule has 10 heteroatoms. The normalized spacial score (nSPS) is 22.8. The van der Waals surface area contributed by atoms with Crippen LogP contribution in [-0.4, -0.2) is 95.8 Å². The molecule has 2 aliphatic rings. The fourth-order valence-corrected chi connectivity index (χ4v) is 6.33. The number of carbonyl (C=O) groups excluding carboxylic acids is 2. The Balaban J connectivity index is 1.51. The lowest BCUT2D eigenvalue weighted by Crippen LogP contribution is -2.60. The Morgan fingerprint density at radius 3 is 2.40 bits per heavy atom. The third-order valence-corrected chi connectivity index (χ3v) is 9.71. The molecule has 5 N–H and O–H groups in total. The van der Waals surface area contributed by atoms with Crippen LogP contribution in [0.25, 0.3) is 6.08 Å². The van der Waals surface area contributed by atoms with Gasteiger partial charge in [0.05, 0.1) is 31.3 Å². The highest BCUT2D eigenvalue weighted by Crippen LogP contribution is 2.40. The molecular formula is C38H55N3O7. The van der Waals surface area contributed by atoms with E-state index in [4.69, 9.17) is 9.47 Å². The maximum Gasteiger partial charge on any atom is 0.247 e. The minimum absolute atomic E-state index is 0.0809. The molecule has 2 aromatic rings. The Bertz CT molecular complexity index is 1430. The lowest BCUT2D eigenvalue weighted by atomic mass is 9.85. The molecule has 0 aliphatic carbocycles. The van der Waals surface area contributed by atoms with Gasteiger partial charge in [0.1, 0.15) is 23.5 Å². The van der Waals surface area contributed by atoms with Crippen LogP contribution in [0.1, 0.15) is 94.2 Å². The minimum Gasteiger partial charge on any atom is -0.496 e. The van der Waals surface area contributed by atoms with E-state index in [0.717, 1.165) is 41.8 Å². The summed E-state index contributed by atoms with van der Waals surface area (Å²) in [5, 5.41) is 37.3. The van der Waals surface area contributed by atoms with Crippen LogP contribution in [0.15, 0.2) is 42.5 Å². The van der Waals surface area contributed by atoms with Gasteiger partial charge in [-0.3, -0.25) is 9.59 Å². The quantitative estimate of drug-likeness (QED) is 0.231. The molecule has 4 rings (SSSR count). The standard InChI is InChI=1S/C38H55N3O7/c1-8-24(2)29-22-32(47-7)30(34-33(44)31(43)21-28(23-42)48-34)20-27(29)19-26-11-9-25(10-12-26)13-14-37(3,4)35(45)40-38(5,6)36(46)41-17-15-39-16-18-41/h9-14,20,22,24,28,31,33-34,39,42-44H,8,15-19,21,23H2,1-7H3,(H,40,45)/b14-13+/t24?,28-,31-,33+,34-/m0/s1. The molecule has 2 heterocycles. The average molecular weight is 666 g/mol. The highest BCUT2D eigenvalue weighted by atomic mass is 16.5. The van der Waals surface area contributed by atoms with Crippen molar-refractivity contribution in [2.45, 2.75) is 96.7 Å². The van der Waals surface area contributed by atoms with Crippen molar-refractivity contribution in [2.75, 3.05) is 39.9 Å². The van der Waals surface area contributed by atoms with Crippen LogP contribution < -0.4 is 15.4 Å².